The fourth-order valence-corrected chi connectivity index (χ4v) is 3.99. The smallest absolute Gasteiger partial charge is 0.410 e. The Bertz CT molecular complexity index is 623. The second-order valence-electron chi connectivity index (χ2n) is 8.81. The lowest BCUT2D eigenvalue weighted by Crippen LogP contribution is -2.75. The van der Waals surface area contributed by atoms with Crippen LogP contribution in [0.4, 0.5) is 4.79 Å². The average molecular weight is 394 g/mol. The van der Waals surface area contributed by atoms with Crippen LogP contribution < -0.4 is 10.6 Å². The number of hydrogen-bond donors (Lipinski definition) is 2. The number of fused-ring (bicyclic) bond motifs is 10. The molecule has 7 nitrogen and oxygen atoms in total. The molecule has 7 heteroatoms. The number of Topliss-reactive ketones (excluding diaryl/α,β-unsaturated/α-hetero) is 2. The molecule has 0 aromatic rings. The Morgan fingerprint density at radius 2 is 1.89 bits per heavy atom. The highest BCUT2D eigenvalue weighted by atomic mass is 16.6. The number of carbonyl (C=O) groups excluding carboxylic acids is 3. The fourth-order valence-electron chi connectivity index (χ4n) is 3.99. The first kappa shape index (κ1) is 22.6. The monoisotopic (exact) mass is 393 g/mol. The minimum atomic E-state index is -0.877. The quantitative estimate of drug-likeness (QED) is 0.711. The average Bonchev–Trinajstić information content (AvgIpc) is 2.58. The molecule has 3 rings (SSSR count). The first-order valence-electron chi connectivity index (χ1n) is 10.3. The summed E-state index contributed by atoms with van der Waals surface area (Å²) in [7, 11) is 0. The zero-order valence-corrected chi connectivity index (χ0v) is 17.8. The molecule has 1 atom stereocenters. The van der Waals surface area contributed by atoms with Crippen molar-refractivity contribution in [1.82, 2.24) is 15.5 Å². The van der Waals surface area contributed by atoms with Gasteiger partial charge in [0.2, 0.25) is 0 Å². The molecule has 28 heavy (non-hydrogen) atoms. The summed E-state index contributed by atoms with van der Waals surface area (Å²) in [6.45, 7) is 10.4. The summed E-state index contributed by atoms with van der Waals surface area (Å²) in [6, 6.07) is 0.169. The number of rotatable bonds is 4. The van der Waals surface area contributed by atoms with Crippen molar-refractivity contribution in [3.8, 4) is 0 Å². The summed E-state index contributed by atoms with van der Waals surface area (Å²) >= 11 is 0. The number of nitrogens with zero attached hydrogens (tertiary/aromatic N) is 1. The molecular formula is C21H35N3O4. The van der Waals surface area contributed by atoms with Gasteiger partial charge in [0.1, 0.15) is 12.1 Å². The van der Waals surface area contributed by atoms with E-state index in [2.05, 4.69) is 10.6 Å². The van der Waals surface area contributed by atoms with Gasteiger partial charge in [-0.05, 0) is 40.0 Å². The number of ketones is 2. The zero-order valence-electron chi connectivity index (χ0n) is 17.8. The maximum Gasteiger partial charge on any atom is 0.410 e. The highest BCUT2D eigenvalue weighted by Gasteiger charge is 2.52. The summed E-state index contributed by atoms with van der Waals surface area (Å²) in [5, 5.41) is 6.62. The molecule has 0 unspecified atom stereocenters. The van der Waals surface area contributed by atoms with Gasteiger partial charge in [0.05, 0.1) is 25.2 Å². The SMILES string of the molecule is CC(C)N[C@@]1(C)CCCC=CCOC(=O)N2CC(C(=O)C(C)C)(C2)NCC1=O. The van der Waals surface area contributed by atoms with Crippen LogP contribution in [-0.4, -0.2) is 65.9 Å². The lowest BCUT2D eigenvalue weighted by atomic mass is 9.80. The van der Waals surface area contributed by atoms with Gasteiger partial charge >= 0.3 is 6.09 Å². The number of amides is 1. The number of allylic oxidation sites excluding steroid dienone is 1. The van der Waals surface area contributed by atoms with Gasteiger partial charge < -0.3 is 15.0 Å². The van der Waals surface area contributed by atoms with Crippen LogP contribution >= 0.6 is 0 Å². The van der Waals surface area contributed by atoms with Crippen molar-refractivity contribution in [3.05, 3.63) is 12.2 Å². The first-order chi connectivity index (χ1) is 13.1. The van der Waals surface area contributed by atoms with E-state index >= 15 is 0 Å². The Kier molecular flexibility index (Phi) is 7.39. The molecule has 0 aromatic carbocycles. The van der Waals surface area contributed by atoms with E-state index in [4.69, 9.17) is 4.74 Å². The fraction of sp³-hybridized carbons (Fsp3) is 0.762. The highest BCUT2D eigenvalue weighted by molar-refractivity contribution is 5.95. The minimum absolute atomic E-state index is 0.0204. The van der Waals surface area contributed by atoms with Crippen LogP contribution in [-0.2, 0) is 14.3 Å². The molecule has 2 N–H and O–H groups in total. The van der Waals surface area contributed by atoms with Crippen molar-refractivity contribution in [3.63, 3.8) is 0 Å². The van der Waals surface area contributed by atoms with E-state index in [1.54, 1.807) is 0 Å². The second-order valence-corrected chi connectivity index (χ2v) is 8.81. The van der Waals surface area contributed by atoms with Crippen LogP contribution in [0.2, 0.25) is 0 Å². The Hall–Kier alpha value is -1.73. The molecule has 3 aliphatic rings. The van der Waals surface area contributed by atoms with Gasteiger partial charge in [0.15, 0.2) is 11.6 Å². The minimum Gasteiger partial charge on any atom is -0.445 e. The standard InChI is InChI=1S/C21H35N3O4/c1-15(2)18(26)21-13-24(14-21)19(27)28-11-9-7-6-8-10-20(5,23-16(3)4)17(25)12-22-21/h7,9,15-16,22-23H,6,8,10-14H2,1-5H3/t20-/m0/s1. The molecule has 0 saturated carbocycles. The third kappa shape index (κ3) is 5.20. The topological polar surface area (TPSA) is 87.7 Å². The van der Waals surface area contributed by atoms with Crippen LogP contribution in [0.3, 0.4) is 0 Å². The molecule has 1 fully saturated rings. The van der Waals surface area contributed by atoms with Crippen molar-refractivity contribution in [1.29, 1.82) is 0 Å². The summed E-state index contributed by atoms with van der Waals surface area (Å²) in [5.74, 6) is -0.130. The molecule has 0 spiro atoms. The normalized spacial score (nSPS) is 29.9. The predicted molar refractivity (Wildman–Crippen MR) is 108 cm³/mol. The highest BCUT2D eigenvalue weighted by Crippen LogP contribution is 2.27. The van der Waals surface area contributed by atoms with E-state index in [1.807, 2.05) is 46.8 Å². The molecule has 3 aliphatic heterocycles. The van der Waals surface area contributed by atoms with Gasteiger partial charge in [-0.2, -0.15) is 0 Å². The van der Waals surface area contributed by atoms with Crippen molar-refractivity contribution < 1.29 is 19.1 Å². The molecule has 0 radical (unpaired) electrons. The van der Waals surface area contributed by atoms with E-state index in [0.717, 1.165) is 12.8 Å². The Balaban J connectivity index is 2.22. The largest absolute Gasteiger partial charge is 0.445 e. The molecule has 1 amide bonds. The van der Waals surface area contributed by atoms with E-state index < -0.39 is 17.2 Å². The van der Waals surface area contributed by atoms with Crippen molar-refractivity contribution in [2.24, 2.45) is 5.92 Å². The Labute approximate surface area is 168 Å². The van der Waals surface area contributed by atoms with E-state index in [9.17, 15) is 14.4 Å². The third-order valence-corrected chi connectivity index (χ3v) is 5.50. The van der Waals surface area contributed by atoms with Crippen LogP contribution in [0.5, 0.6) is 0 Å². The van der Waals surface area contributed by atoms with Gasteiger partial charge in [0.25, 0.3) is 0 Å². The molecule has 0 aromatic heterocycles. The van der Waals surface area contributed by atoms with Crippen LogP contribution in [0.1, 0.15) is 53.9 Å². The van der Waals surface area contributed by atoms with E-state index in [-0.39, 0.29) is 49.8 Å². The number of nitrogens with one attached hydrogen (secondary N) is 2. The molecular weight excluding hydrogens is 358 g/mol. The van der Waals surface area contributed by atoms with Crippen molar-refractivity contribution in [2.45, 2.75) is 71.0 Å². The Morgan fingerprint density at radius 1 is 1.21 bits per heavy atom. The summed E-state index contributed by atoms with van der Waals surface area (Å²) in [5.41, 5.74) is -1.54. The van der Waals surface area contributed by atoms with E-state index in [1.165, 1.54) is 4.90 Å². The predicted octanol–water partition coefficient (Wildman–Crippen LogP) is 2.06. The molecule has 2 bridgehead atoms. The van der Waals surface area contributed by atoms with Gasteiger partial charge in [0, 0.05) is 12.0 Å². The summed E-state index contributed by atoms with van der Waals surface area (Å²) < 4.78 is 5.25. The van der Waals surface area contributed by atoms with Gasteiger partial charge in [-0.1, -0.05) is 26.0 Å². The van der Waals surface area contributed by atoms with Gasteiger partial charge in [-0.3, -0.25) is 14.9 Å². The summed E-state index contributed by atoms with van der Waals surface area (Å²) in [4.78, 5) is 39.6. The van der Waals surface area contributed by atoms with Crippen LogP contribution in [0.15, 0.2) is 12.2 Å². The molecule has 3 heterocycles. The number of hydrogen-bond acceptors (Lipinski definition) is 6. The third-order valence-electron chi connectivity index (χ3n) is 5.50. The number of carbonyl (C=O) groups is 3. The lowest BCUT2D eigenvalue weighted by Gasteiger charge is -2.49. The van der Waals surface area contributed by atoms with Crippen LogP contribution in [0.25, 0.3) is 0 Å². The second kappa shape index (κ2) is 9.18. The molecule has 0 aliphatic carbocycles. The van der Waals surface area contributed by atoms with Crippen molar-refractivity contribution >= 4 is 17.7 Å². The van der Waals surface area contributed by atoms with Crippen LogP contribution in [0, 0.1) is 5.92 Å². The number of ether oxygens (including phenoxy) is 1. The Morgan fingerprint density at radius 3 is 2.50 bits per heavy atom. The maximum atomic E-state index is 13.1. The zero-order chi connectivity index (χ0) is 20.9. The molecule has 158 valence electrons. The lowest BCUT2D eigenvalue weighted by molar-refractivity contribution is -0.136. The molecule has 1 saturated heterocycles. The maximum absolute atomic E-state index is 13.1. The first-order valence-corrected chi connectivity index (χ1v) is 10.3. The van der Waals surface area contributed by atoms with Gasteiger partial charge in [-0.25, -0.2) is 4.79 Å². The van der Waals surface area contributed by atoms with Crippen molar-refractivity contribution in [2.75, 3.05) is 26.2 Å². The van der Waals surface area contributed by atoms with E-state index in [0.29, 0.717) is 6.42 Å². The summed E-state index contributed by atoms with van der Waals surface area (Å²) in [6.07, 6.45) is 5.74. The van der Waals surface area contributed by atoms with Gasteiger partial charge in [-0.15, -0.1) is 0 Å².